The maximum Gasteiger partial charge on any atom is 0.232 e. The predicted octanol–water partition coefficient (Wildman–Crippen LogP) is 5.69. The van der Waals surface area contributed by atoms with Crippen LogP contribution in [0.1, 0.15) is 61.8 Å². The van der Waals surface area contributed by atoms with E-state index in [0.29, 0.717) is 22.2 Å². The van der Waals surface area contributed by atoms with Crippen LogP contribution in [0.4, 0.5) is 5.69 Å². The van der Waals surface area contributed by atoms with Gasteiger partial charge < -0.3 is 5.32 Å². The van der Waals surface area contributed by atoms with Gasteiger partial charge in [-0.15, -0.1) is 0 Å². The van der Waals surface area contributed by atoms with E-state index in [9.17, 15) is 13.2 Å². The number of carbonyl (C=O) groups excluding carboxylic acids is 1. The number of benzene rings is 2. The zero-order valence-corrected chi connectivity index (χ0v) is 20.9. The molecule has 3 rings (SSSR count). The Bertz CT molecular complexity index is 1070. The summed E-state index contributed by atoms with van der Waals surface area (Å²) in [4.78, 5) is 12.6. The van der Waals surface area contributed by atoms with Gasteiger partial charge in [0, 0.05) is 18.0 Å². The molecule has 0 aliphatic heterocycles. The monoisotopic (exact) mass is 496 g/mol. The largest absolute Gasteiger partial charge is 0.349 e. The fourth-order valence-electron chi connectivity index (χ4n) is 4.18. The van der Waals surface area contributed by atoms with E-state index in [1.54, 1.807) is 12.1 Å². The Labute approximate surface area is 201 Å². The van der Waals surface area contributed by atoms with Crippen LogP contribution in [0.25, 0.3) is 0 Å². The molecule has 8 heteroatoms. The van der Waals surface area contributed by atoms with E-state index in [0.717, 1.165) is 31.1 Å². The highest BCUT2D eigenvalue weighted by molar-refractivity contribution is 7.92. The molecule has 0 radical (unpaired) electrons. The van der Waals surface area contributed by atoms with Crippen molar-refractivity contribution in [1.82, 2.24) is 5.32 Å². The first-order chi connectivity index (χ1) is 15.2. The van der Waals surface area contributed by atoms with E-state index in [1.807, 2.05) is 0 Å². The molecule has 0 saturated carbocycles. The van der Waals surface area contributed by atoms with Crippen molar-refractivity contribution in [1.29, 1.82) is 0 Å². The molecule has 0 aromatic heterocycles. The quantitative estimate of drug-likeness (QED) is 0.484. The van der Waals surface area contributed by atoms with Crippen molar-refractivity contribution in [2.75, 3.05) is 17.1 Å². The molecule has 32 heavy (non-hydrogen) atoms. The van der Waals surface area contributed by atoms with Gasteiger partial charge >= 0.3 is 0 Å². The Morgan fingerprint density at radius 2 is 1.81 bits per heavy atom. The van der Waals surface area contributed by atoms with E-state index in [2.05, 4.69) is 30.4 Å². The summed E-state index contributed by atoms with van der Waals surface area (Å²) in [5.41, 5.74) is 4.26. The van der Waals surface area contributed by atoms with Gasteiger partial charge in [-0.1, -0.05) is 48.3 Å². The first kappa shape index (κ1) is 24.9. The van der Waals surface area contributed by atoms with E-state index in [1.165, 1.54) is 34.3 Å². The Balaban J connectivity index is 1.62. The molecule has 0 bridgehead atoms. The Morgan fingerprint density at radius 1 is 1.09 bits per heavy atom. The van der Waals surface area contributed by atoms with E-state index in [4.69, 9.17) is 23.2 Å². The fraction of sp³-hybridized carbons (Fsp3) is 0.458. The Kier molecular flexibility index (Phi) is 8.48. The zero-order chi connectivity index (χ0) is 23.3. The summed E-state index contributed by atoms with van der Waals surface area (Å²) in [7, 11) is -3.58. The lowest BCUT2D eigenvalue weighted by Crippen LogP contribution is -2.33. The summed E-state index contributed by atoms with van der Waals surface area (Å²) in [6.45, 7) is 2.19. The van der Waals surface area contributed by atoms with Crippen molar-refractivity contribution in [3.63, 3.8) is 0 Å². The van der Waals surface area contributed by atoms with Crippen molar-refractivity contribution in [2.24, 2.45) is 0 Å². The van der Waals surface area contributed by atoms with E-state index < -0.39 is 10.0 Å². The fourth-order valence-corrected chi connectivity index (χ4v) is 5.59. The zero-order valence-electron chi connectivity index (χ0n) is 18.5. The molecule has 2 aromatic carbocycles. The van der Waals surface area contributed by atoms with Crippen molar-refractivity contribution in [3.05, 3.63) is 63.1 Å². The highest BCUT2D eigenvalue weighted by Crippen LogP contribution is 2.31. The van der Waals surface area contributed by atoms with Crippen LogP contribution >= 0.6 is 23.2 Å². The maximum atomic E-state index is 12.6. The normalized spacial score (nSPS) is 14.5. The van der Waals surface area contributed by atoms with Crippen LogP contribution < -0.4 is 9.62 Å². The number of nitrogens with zero attached hydrogens (tertiary/aromatic N) is 1. The molecule has 2 aromatic rings. The van der Waals surface area contributed by atoms with Crippen LogP contribution in [0.2, 0.25) is 10.0 Å². The Morgan fingerprint density at radius 3 is 2.50 bits per heavy atom. The summed E-state index contributed by atoms with van der Waals surface area (Å²) in [5, 5.41) is 3.80. The lowest BCUT2D eigenvalue weighted by atomic mass is 9.89. The Hall–Kier alpha value is -1.76. The molecule has 174 valence electrons. The second-order valence-electron chi connectivity index (χ2n) is 8.30. The van der Waals surface area contributed by atoms with Gasteiger partial charge in [0.25, 0.3) is 0 Å². The van der Waals surface area contributed by atoms with Gasteiger partial charge in [0.1, 0.15) is 0 Å². The second-order valence-corrected chi connectivity index (χ2v) is 11.0. The average molecular weight is 497 g/mol. The lowest BCUT2D eigenvalue weighted by molar-refractivity contribution is -0.121. The molecule has 5 nitrogen and oxygen atoms in total. The number of anilines is 1. The summed E-state index contributed by atoms with van der Waals surface area (Å²) < 4.78 is 25.8. The number of sulfonamides is 1. The molecule has 1 N–H and O–H groups in total. The van der Waals surface area contributed by atoms with E-state index in [-0.39, 0.29) is 24.9 Å². The van der Waals surface area contributed by atoms with Gasteiger partial charge in [-0.05, 0) is 73.4 Å². The number of rotatable bonds is 9. The van der Waals surface area contributed by atoms with Crippen molar-refractivity contribution in [2.45, 2.75) is 57.9 Å². The number of amides is 1. The van der Waals surface area contributed by atoms with Crippen LogP contribution in [-0.2, 0) is 27.7 Å². The molecule has 1 amide bonds. The van der Waals surface area contributed by atoms with Crippen LogP contribution in [0.3, 0.4) is 0 Å². The second kappa shape index (κ2) is 10.9. The van der Waals surface area contributed by atoms with Crippen LogP contribution in [0, 0.1) is 0 Å². The SMILES string of the molecule is CCC(NC(=O)CCCN(c1cc(Cl)ccc1Cl)S(C)(=O)=O)c1ccc2c(c1)CCCC2. The van der Waals surface area contributed by atoms with Gasteiger partial charge in [0.05, 0.1) is 23.0 Å². The first-order valence-electron chi connectivity index (χ1n) is 11.0. The summed E-state index contributed by atoms with van der Waals surface area (Å²) >= 11 is 12.2. The van der Waals surface area contributed by atoms with Gasteiger partial charge in [-0.25, -0.2) is 8.42 Å². The summed E-state index contributed by atoms with van der Waals surface area (Å²) in [6.07, 6.45) is 7.17. The van der Waals surface area contributed by atoms with Gasteiger partial charge in [0.15, 0.2) is 0 Å². The first-order valence-corrected chi connectivity index (χ1v) is 13.6. The molecule has 1 unspecified atom stereocenters. The maximum absolute atomic E-state index is 12.6. The van der Waals surface area contributed by atoms with E-state index >= 15 is 0 Å². The standard InChI is InChI=1S/C24H30Cl2N2O3S/c1-3-22(19-11-10-17-7-4-5-8-18(17)15-19)27-24(29)9-6-14-28(32(2,30)31)23-16-20(25)12-13-21(23)26/h10-13,15-16,22H,3-9,14H2,1-2H3,(H,27,29). The number of nitrogens with one attached hydrogen (secondary N) is 1. The minimum absolute atomic E-state index is 0.0527. The number of hydrogen-bond donors (Lipinski definition) is 1. The van der Waals surface area contributed by atoms with Crippen LogP contribution in [-0.4, -0.2) is 27.1 Å². The minimum Gasteiger partial charge on any atom is -0.349 e. The van der Waals surface area contributed by atoms with Crippen molar-refractivity contribution < 1.29 is 13.2 Å². The molecule has 1 aliphatic rings. The third-order valence-corrected chi connectivity index (χ3v) is 7.60. The van der Waals surface area contributed by atoms with Crippen LogP contribution in [0.15, 0.2) is 36.4 Å². The minimum atomic E-state index is -3.58. The third kappa shape index (κ3) is 6.40. The molecule has 1 aliphatic carbocycles. The lowest BCUT2D eigenvalue weighted by Gasteiger charge is -2.24. The van der Waals surface area contributed by atoms with Crippen LogP contribution in [0.5, 0.6) is 0 Å². The third-order valence-electron chi connectivity index (χ3n) is 5.86. The number of fused-ring (bicyclic) bond motifs is 1. The summed E-state index contributed by atoms with van der Waals surface area (Å²) in [5.74, 6) is -0.0970. The van der Waals surface area contributed by atoms with Gasteiger partial charge in [0.2, 0.25) is 15.9 Å². The topological polar surface area (TPSA) is 66.5 Å². The number of carbonyl (C=O) groups is 1. The van der Waals surface area contributed by atoms with Gasteiger partial charge in [-0.3, -0.25) is 9.10 Å². The average Bonchev–Trinajstić information content (AvgIpc) is 2.76. The summed E-state index contributed by atoms with van der Waals surface area (Å²) in [6, 6.07) is 11.2. The molecular formula is C24H30Cl2N2O3S. The molecule has 0 saturated heterocycles. The van der Waals surface area contributed by atoms with Gasteiger partial charge in [-0.2, -0.15) is 0 Å². The molecule has 1 atom stereocenters. The van der Waals surface area contributed by atoms with Crippen molar-refractivity contribution in [3.8, 4) is 0 Å². The highest BCUT2D eigenvalue weighted by Gasteiger charge is 2.21. The number of hydrogen-bond acceptors (Lipinski definition) is 3. The number of halogens is 2. The van der Waals surface area contributed by atoms with Crippen molar-refractivity contribution >= 4 is 44.8 Å². The predicted molar refractivity (Wildman–Crippen MR) is 132 cm³/mol. The highest BCUT2D eigenvalue weighted by atomic mass is 35.5. The molecule has 0 spiro atoms. The molecular weight excluding hydrogens is 467 g/mol. The number of aryl methyl sites for hydroxylation is 2. The molecule has 0 heterocycles. The molecule has 0 fully saturated rings. The smallest absolute Gasteiger partial charge is 0.232 e.